The summed E-state index contributed by atoms with van der Waals surface area (Å²) in [4.78, 5) is 17.0. The maximum absolute atomic E-state index is 4.33. The molecule has 2 aromatic heterocycles. The van der Waals surface area contributed by atoms with Gasteiger partial charge in [-0.2, -0.15) is 0 Å². The van der Waals surface area contributed by atoms with Crippen LogP contribution in [0.5, 0.6) is 0 Å². The lowest BCUT2D eigenvalue weighted by molar-refractivity contribution is 0.941. The molecule has 0 aromatic carbocycles. The van der Waals surface area contributed by atoms with Crippen molar-refractivity contribution in [2.45, 2.75) is 54.4 Å². The summed E-state index contributed by atoms with van der Waals surface area (Å²) in [5, 5.41) is 0. The second-order valence-electron chi connectivity index (χ2n) is 4.77. The predicted molar refractivity (Wildman–Crippen MR) is 81.8 cm³/mol. The average Bonchev–Trinajstić information content (AvgIpc) is 2.45. The van der Waals surface area contributed by atoms with Gasteiger partial charge in [-0.25, -0.2) is 0 Å². The molecule has 0 saturated heterocycles. The zero-order valence-electron chi connectivity index (χ0n) is 13.4. The summed E-state index contributed by atoms with van der Waals surface area (Å²) < 4.78 is 0. The number of hydrogen-bond acceptors (Lipinski definition) is 4. The summed E-state index contributed by atoms with van der Waals surface area (Å²) in [6.07, 6.45) is 5.60. The van der Waals surface area contributed by atoms with Crippen LogP contribution in [0.25, 0.3) is 0 Å². The third-order valence-corrected chi connectivity index (χ3v) is 3.21. The van der Waals surface area contributed by atoms with Crippen molar-refractivity contribution < 1.29 is 0 Å². The molecule has 0 radical (unpaired) electrons. The van der Waals surface area contributed by atoms with Gasteiger partial charge in [-0.3, -0.25) is 19.9 Å². The standard InChI is InChI=1S/2C8H12N2/c2*1-4-8-5-9-6(2)7(3)10-8/h2*5H,4H2,1-3H3. The monoisotopic (exact) mass is 272 g/mol. The predicted octanol–water partition coefficient (Wildman–Crippen LogP) is 3.31. The van der Waals surface area contributed by atoms with Gasteiger partial charge < -0.3 is 0 Å². The average molecular weight is 272 g/mol. The first-order valence-corrected chi connectivity index (χ1v) is 7.06. The fraction of sp³-hybridized carbons (Fsp3) is 0.500. The van der Waals surface area contributed by atoms with E-state index in [4.69, 9.17) is 0 Å². The minimum Gasteiger partial charge on any atom is -0.258 e. The SMILES string of the molecule is CCc1cnc(C)c(C)n1.CCc1cnc(C)c(C)n1. The van der Waals surface area contributed by atoms with Crippen LogP contribution >= 0.6 is 0 Å². The molecule has 2 rings (SSSR count). The Balaban J connectivity index is 0.000000200. The summed E-state index contributed by atoms with van der Waals surface area (Å²) in [6, 6.07) is 0. The van der Waals surface area contributed by atoms with Crippen molar-refractivity contribution in [2.24, 2.45) is 0 Å². The van der Waals surface area contributed by atoms with Crippen LogP contribution in [0, 0.1) is 27.7 Å². The molecule has 2 aromatic rings. The van der Waals surface area contributed by atoms with Crippen LogP contribution in [0.1, 0.15) is 48.0 Å². The Morgan fingerprint density at radius 3 is 1.25 bits per heavy atom. The number of hydrogen-bond donors (Lipinski definition) is 0. The molecule has 0 amide bonds. The molecule has 0 N–H and O–H groups in total. The number of nitrogens with zero attached hydrogens (tertiary/aromatic N) is 4. The van der Waals surface area contributed by atoms with Crippen molar-refractivity contribution in [3.8, 4) is 0 Å². The van der Waals surface area contributed by atoms with Gasteiger partial charge in [0.25, 0.3) is 0 Å². The molecule has 0 bridgehead atoms. The third kappa shape index (κ3) is 4.68. The molecule has 0 aliphatic carbocycles. The molecule has 0 fully saturated rings. The highest BCUT2D eigenvalue weighted by Gasteiger charge is 1.96. The minimum absolute atomic E-state index is 0.966. The zero-order chi connectivity index (χ0) is 15.1. The van der Waals surface area contributed by atoms with E-state index in [1.165, 1.54) is 0 Å². The van der Waals surface area contributed by atoms with E-state index in [2.05, 4.69) is 33.8 Å². The minimum atomic E-state index is 0.966. The van der Waals surface area contributed by atoms with Gasteiger partial charge in [0.1, 0.15) is 0 Å². The Morgan fingerprint density at radius 1 is 0.650 bits per heavy atom. The highest BCUT2D eigenvalue weighted by molar-refractivity contribution is 5.10. The molecule has 0 spiro atoms. The molecule has 0 atom stereocenters. The number of aryl methyl sites for hydroxylation is 6. The molecule has 108 valence electrons. The highest BCUT2D eigenvalue weighted by atomic mass is 14.8. The lowest BCUT2D eigenvalue weighted by Crippen LogP contribution is -1.95. The molecule has 20 heavy (non-hydrogen) atoms. The van der Waals surface area contributed by atoms with Crippen LogP contribution in [0.2, 0.25) is 0 Å². The maximum Gasteiger partial charge on any atom is 0.0588 e. The smallest absolute Gasteiger partial charge is 0.0588 e. The van der Waals surface area contributed by atoms with Crippen LogP contribution in [-0.4, -0.2) is 19.9 Å². The second kappa shape index (κ2) is 7.68. The highest BCUT2D eigenvalue weighted by Crippen LogP contribution is 2.01. The molecular weight excluding hydrogens is 248 g/mol. The van der Waals surface area contributed by atoms with Crippen LogP contribution < -0.4 is 0 Å². The van der Waals surface area contributed by atoms with Crippen molar-refractivity contribution >= 4 is 0 Å². The first-order valence-electron chi connectivity index (χ1n) is 7.06. The van der Waals surface area contributed by atoms with E-state index >= 15 is 0 Å². The van der Waals surface area contributed by atoms with Gasteiger partial charge in [0.05, 0.1) is 34.2 Å². The Kier molecular flexibility index (Phi) is 6.22. The van der Waals surface area contributed by atoms with E-state index in [1.807, 2.05) is 40.1 Å². The Bertz CT molecular complexity index is 513. The van der Waals surface area contributed by atoms with Crippen LogP contribution in [0.3, 0.4) is 0 Å². The van der Waals surface area contributed by atoms with E-state index in [0.29, 0.717) is 0 Å². The van der Waals surface area contributed by atoms with Gasteiger partial charge in [-0.15, -0.1) is 0 Å². The normalized spacial score (nSPS) is 9.90. The molecule has 0 unspecified atom stereocenters. The zero-order valence-corrected chi connectivity index (χ0v) is 13.4. The number of rotatable bonds is 2. The lowest BCUT2D eigenvalue weighted by Gasteiger charge is -1.99. The quantitative estimate of drug-likeness (QED) is 0.841. The van der Waals surface area contributed by atoms with Gasteiger partial charge in [0, 0.05) is 12.4 Å². The van der Waals surface area contributed by atoms with E-state index in [1.54, 1.807) is 0 Å². The summed E-state index contributed by atoms with van der Waals surface area (Å²) in [5.74, 6) is 0. The fourth-order valence-corrected chi connectivity index (χ4v) is 1.52. The fourth-order valence-electron chi connectivity index (χ4n) is 1.52. The Hall–Kier alpha value is -1.84. The van der Waals surface area contributed by atoms with Crippen molar-refractivity contribution in [1.29, 1.82) is 0 Å². The molecule has 0 aliphatic rings. The second-order valence-corrected chi connectivity index (χ2v) is 4.77. The molecule has 0 aliphatic heterocycles. The van der Waals surface area contributed by atoms with Gasteiger partial charge >= 0.3 is 0 Å². The first-order chi connectivity index (χ1) is 9.47. The topological polar surface area (TPSA) is 51.6 Å². The molecule has 0 saturated carbocycles. The van der Waals surface area contributed by atoms with Gasteiger partial charge in [-0.05, 0) is 40.5 Å². The summed E-state index contributed by atoms with van der Waals surface area (Å²) >= 11 is 0. The summed E-state index contributed by atoms with van der Waals surface area (Å²) in [5.41, 5.74) is 6.28. The molecule has 4 heteroatoms. The third-order valence-electron chi connectivity index (χ3n) is 3.21. The summed E-state index contributed by atoms with van der Waals surface area (Å²) in [7, 11) is 0. The molecular formula is C16H24N4. The Labute approximate surface area is 121 Å². The lowest BCUT2D eigenvalue weighted by atomic mass is 10.3. The molecule has 4 nitrogen and oxygen atoms in total. The largest absolute Gasteiger partial charge is 0.258 e. The molecule has 2 heterocycles. The maximum atomic E-state index is 4.33. The van der Waals surface area contributed by atoms with Crippen LogP contribution in [0.4, 0.5) is 0 Å². The van der Waals surface area contributed by atoms with Crippen molar-refractivity contribution in [2.75, 3.05) is 0 Å². The van der Waals surface area contributed by atoms with Gasteiger partial charge in [0.15, 0.2) is 0 Å². The van der Waals surface area contributed by atoms with Crippen molar-refractivity contribution in [3.05, 3.63) is 46.6 Å². The van der Waals surface area contributed by atoms with E-state index in [0.717, 1.165) is 47.0 Å². The van der Waals surface area contributed by atoms with Crippen LogP contribution in [0.15, 0.2) is 12.4 Å². The number of aromatic nitrogens is 4. The summed E-state index contributed by atoms with van der Waals surface area (Å²) in [6.45, 7) is 12.1. The van der Waals surface area contributed by atoms with Gasteiger partial charge in [0.2, 0.25) is 0 Å². The Morgan fingerprint density at radius 2 is 1.00 bits per heavy atom. The van der Waals surface area contributed by atoms with E-state index in [-0.39, 0.29) is 0 Å². The first kappa shape index (κ1) is 16.2. The van der Waals surface area contributed by atoms with E-state index < -0.39 is 0 Å². The van der Waals surface area contributed by atoms with Crippen molar-refractivity contribution in [1.82, 2.24) is 19.9 Å². The van der Waals surface area contributed by atoms with Gasteiger partial charge in [-0.1, -0.05) is 13.8 Å². The van der Waals surface area contributed by atoms with E-state index in [9.17, 15) is 0 Å². The van der Waals surface area contributed by atoms with Crippen LogP contribution in [-0.2, 0) is 12.8 Å². The van der Waals surface area contributed by atoms with Crippen molar-refractivity contribution in [3.63, 3.8) is 0 Å².